The van der Waals surface area contributed by atoms with Crippen LogP contribution in [-0.2, 0) is 21.7 Å². The summed E-state index contributed by atoms with van der Waals surface area (Å²) in [6.07, 6.45) is 0.174. The molecule has 0 saturated carbocycles. The van der Waals surface area contributed by atoms with Gasteiger partial charge in [0.1, 0.15) is 11.4 Å². The van der Waals surface area contributed by atoms with Crippen molar-refractivity contribution in [3.63, 3.8) is 0 Å². The molecule has 7 heteroatoms. The van der Waals surface area contributed by atoms with Gasteiger partial charge in [0.2, 0.25) is 5.91 Å². The van der Waals surface area contributed by atoms with Crippen LogP contribution in [0.4, 0.5) is 9.18 Å². The lowest BCUT2D eigenvalue weighted by Crippen LogP contribution is -2.44. The van der Waals surface area contributed by atoms with Crippen LogP contribution in [0.1, 0.15) is 24.0 Å². The number of rotatable bonds is 6. The topological polar surface area (TPSA) is 87.3 Å². The van der Waals surface area contributed by atoms with Gasteiger partial charge < -0.3 is 10.6 Å². The van der Waals surface area contributed by atoms with E-state index in [1.807, 2.05) is 0 Å². The Morgan fingerprint density at radius 3 is 2.35 bits per heavy atom. The molecule has 134 valence electrons. The number of amides is 4. The summed E-state index contributed by atoms with van der Waals surface area (Å²) in [5, 5.41) is 7.62. The Labute approximate surface area is 149 Å². The number of hydrogen-bond donors (Lipinski definition) is 3. The number of nitrogens with one attached hydrogen (secondary N) is 3. The third-order valence-electron chi connectivity index (χ3n) is 4.34. The van der Waals surface area contributed by atoms with Gasteiger partial charge in [0.05, 0.1) is 0 Å². The van der Waals surface area contributed by atoms with Crippen molar-refractivity contribution in [3.8, 4) is 0 Å². The maximum absolute atomic E-state index is 12.9. The van der Waals surface area contributed by atoms with Crippen LogP contribution in [0.25, 0.3) is 0 Å². The molecule has 0 aliphatic carbocycles. The first-order chi connectivity index (χ1) is 12.5. The first-order valence-corrected chi connectivity index (χ1v) is 8.20. The quantitative estimate of drug-likeness (QED) is 0.692. The van der Waals surface area contributed by atoms with Gasteiger partial charge in [-0.25, -0.2) is 9.18 Å². The van der Waals surface area contributed by atoms with E-state index in [2.05, 4.69) is 16.0 Å². The second-order valence-electron chi connectivity index (χ2n) is 6.08. The molecule has 3 rings (SSSR count). The summed E-state index contributed by atoms with van der Waals surface area (Å²) in [6.45, 7) is 0.260. The number of urea groups is 1. The van der Waals surface area contributed by atoms with Crippen LogP contribution in [0.5, 0.6) is 0 Å². The lowest BCUT2D eigenvalue weighted by atomic mass is 9.85. The summed E-state index contributed by atoms with van der Waals surface area (Å²) in [6, 6.07) is 14.1. The van der Waals surface area contributed by atoms with Crippen LogP contribution in [0, 0.1) is 5.82 Å². The van der Waals surface area contributed by atoms with E-state index >= 15 is 0 Å². The van der Waals surface area contributed by atoms with Crippen molar-refractivity contribution < 1.29 is 18.8 Å². The second-order valence-corrected chi connectivity index (χ2v) is 6.08. The van der Waals surface area contributed by atoms with E-state index in [0.717, 1.165) is 5.56 Å². The predicted octanol–water partition coefficient (Wildman–Crippen LogP) is 1.96. The highest BCUT2D eigenvalue weighted by atomic mass is 19.1. The van der Waals surface area contributed by atoms with Gasteiger partial charge in [0.15, 0.2) is 0 Å². The van der Waals surface area contributed by atoms with Crippen LogP contribution < -0.4 is 16.0 Å². The molecule has 6 nitrogen and oxygen atoms in total. The lowest BCUT2D eigenvalue weighted by Gasteiger charge is -2.26. The molecule has 26 heavy (non-hydrogen) atoms. The maximum atomic E-state index is 12.9. The zero-order valence-corrected chi connectivity index (χ0v) is 13.9. The van der Waals surface area contributed by atoms with E-state index in [4.69, 9.17) is 0 Å². The van der Waals surface area contributed by atoms with Gasteiger partial charge in [0, 0.05) is 13.0 Å². The smallest absolute Gasteiger partial charge is 0.322 e. The number of imide groups is 1. The fourth-order valence-electron chi connectivity index (χ4n) is 2.93. The number of hydrogen-bond acceptors (Lipinski definition) is 3. The molecule has 1 fully saturated rings. The zero-order valence-electron chi connectivity index (χ0n) is 13.9. The number of halogens is 1. The molecule has 2 aromatic rings. The number of carbonyl (C=O) groups excluding carboxylic acids is 3. The lowest BCUT2D eigenvalue weighted by molar-refractivity contribution is -0.125. The molecule has 0 aromatic heterocycles. The van der Waals surface area contributed by atoms with Crippen LogP contribution in [0.15, 0.2) is 54.6 Å². The second kappa shape index (κ2) is 7.35. The first kappa shape index (κ1) is 17.6. The maximum Gasteiger partial charge on any atom is 0.322 e. The normalized spacial score (nSPS) is 19.0. The molecule has 1 unspecified atom stereocenters. The minimum atomic E-state index is -1.26. The Kier molecular flexibility index (Phi) is 4.97. The number of carbonyl (C=O) groups is 3. The minimum Gasteiger partial charge on any atom is -0.352 e. The van der Waals surface area contributed by atoms with E-state index in [1.165, 1.54) is 12.1 Å². The van der Waals surface area contributed by atoms with E-state index in [0.29, 0.717) is 5.56 Å². The zero-order chi connectivity index (χ0) is 18.6. The molecule has 1 atom stereocenters. The monoisotopic (exact) mass is 355 g/mol. The van der Waals surface area contributed by atoms with E-state index < -0.39 is 17.5 Å². The fraction of sp³-hybridized carbons (Fsp3) is 0.211. The molecule has 1 aliphatic rings. The molecule has 1 heterocycles. The van der Waals surface area contributed by atoms with Crippen molar-refractivity contribution in [2.24, 2.45) is 0 Å². The Bertz CT molecular complexity index is 824. The van der Waals surface area contributed by atoms with Gasteiger partial charge in [-0.3, -0.25) is 14.9 Å². The minimum absolute atomic E-state index is 0.0454. The van der Waals surface area contributed by atoms with E-state index in [1.54, 1.807) is 42.5 Å². The van der Waals surface area contributed by atoms with Crippen LogP contribution in [0.3, 0.4) is 0 Å². The van der Waals surface area contributed by atoms with Crippen molar-refractivity contribution >= 4 is 17.8 Å². The largest absolute Gasteiger partial charge is 0.352 e. The highest BCUT2D eigenvalue weighted by molar-refractivity contribution is 6.07. The average molecular weight is 355 g/mol. The van der Waals surface area contributed by atoms with Crippen molar-refractivity contribution in [3.05, 3.63) is 71.5 Å². The van der Waals surface area contributed by atoms with Crippen molar-refractivity contribution in [1.82, 2.24) is 16.0 Å². The third-order valence-corrected chi connectivity index (χ3v) is 4.34. The van der Waals surface area contributed by atoms with Gasteiger partial charge in [-0.05, 0) is 29.7 Å². The van der Waals surface area contributed by atoms with Gasteiger partial charge >= 0.3 is 6.03 Å². The summed E-state index contributed by atoms with van der Waals surface area (Å²) in [7, 11) is 0. The molecule has 2 aromatic carbocycles. The van der Waals surface area contributed by atoms with Gasteiger partial charge in [-0.2, -0.15) is 0 Å². The standard InChI is InChI=1S/C19H18FN3O3/c20-15-8-6-13(7-9-15)12-21-16(24)10-11-19(14-4-2-1-3-5-14)17(25)22-18(26)23-19/h1-9H,10-12H2,(H,21,24)(H2,22,23,25,26). The van der Waals surface area contributed by atoms with Crippen LogP contribution in [-0.4, -0.2) is 17.8 Å². The molecule has 0 radical (unpaired) electrons. The summed E-state index contributed by atoms with van der Waals surface area (Å²) >= 11 is 0. The summed E-state index contributed by atoms with van der Waals surface area (Å²) < 4.78 is 12.9. The molecule has 0 bridgehead atoms. The van der Waals surface area contributed by atoms with E-state index in [-0.39, 0.29) is 31.1 Å². The Morgan fingerprint density at radius 1 is 1.04 bits per heavy atom. The first-order valence-electron chi connectivity index (χ1n) is 8.20. The third kappa shape index (κ3) is 3.72. The van der Waals surface area contributed by atoms with Crippen LogP contribution in [0.2, 0.25) is 0 Å². The Morgan fingerprint density at radius 2 is 1.73 bits per heavy atom. The van der Waals surface area contributed by atoms with Crippen molar-refractivity contribution in [2.45, 2.75) is 24.9 Å². The van der Waals surface area contributed by atoms with Crippen molar-refractivity contribution in [2.75, 3.05) is 0 Å². The highest BCUT2D eigenvalue weighted by Gasteiger charge is 2.47. The van der Waals surface area contributed by atoms with Crippen molar-refractivity contribution in [1.29, 1.82) is 0 Å². The number of benzene rings is 2. The Balaban J connectivity index is 1.65. The summed E-state index contributed by atoms with van der Waals surface area (Å²) in [5.41, 5.74) is 0.130. The van der Waals surface area contributed by atoms with Gasteiger partial charge in [0.25, 0.3) is 5.91 Å². The molecular formula is C19H18FN3O3. The molecule has 1 saturated heterocycles. The highest BCUT2D eigenvalue weighted by Crippen LogP contribution is 2.29. The fourth-order valence-corrected chi connectivity index (χ4v) is 2.93. The summed E-state index contributed by atoms with van der Waals surface area (Å²) in [5.74, 6) is -1.08. The van der Waals surface area contributed by atoms with E-state index in [9.17, 15) is 18.8 Å². The Hall–Kier alpha value is -3.22. The summed E-state index contributed by atoms with van der Waals surface area (Å²) in [4.78, 5) is 36.2. The van der Waals surface area contributed by atoms with Gasteiger partial charge in [-0.1, -0.05) is 42.5 Å². The molecule has 1 aliphatic heterocycles. The molecule has 4 amide bonds. The molecule has 3 N–H and O–H groups in total. The average Bonchev–Trinajstić information content (AvgIpc) is 2.94. The molecule has 0 spiro atoms. The molecular weight excluding hydrogens is 337 g/mol. The predicted molar refractivity (Wildman–Crippen MR) is 92.3 cm³/mol. The SMILES string of the molecule is O=C(CCC1(c2ccccc2)NC(=O)NC1=O)NCc1ccc(F)cc1. The van der Waals surface area contributed by atoms with Crippen LogP contribution >= 0.6 is 0 Å². The van der Waals surface area contributed by atoms with Gasteiger partial charge in [-0.15, -0.1) is 0 Å².